The first-order valence-corrected chi connectivity index (χ1v) is 24.8. The molecule has 11 rings (SSSR count). The fourth-order valence-electron chi connectivity index (χ4n) is 11.4. The molecule has 8 heterocycles. The molecule has 18 heteroatoms. The summed E-state index contributed by atoms with van der Waals surface area (Å²) in [5.41, 5.74) is 7.43. The molecule has 18 nitrogen and oxygen atoms in total. The molecule has 4 N–H and O–H groups in total. The number of nitrogens with zero attached hydrogens (tertiary/aromatic N) is 5. The van der Waals surface area contributed by atoms with Gasteiger partial charge in [-0.15, -0.1) is 0 Å². The van der Waals surface area contributed by atoms with Gasteiger partial charge in [0, 0.05) is 67.2 Å². The number of methoxy groups -OCH3 is 2. The topological polar surface area (TPSA) is 207 Å². The Morgan fingerprint density at radius 1 is 0.662 bits per heavy atom. The lowest BCUT2D eigenvalue weighted by Gasteiger charge is -2.34. The van der Waals surface area contributed by atoms with Crippen LogP contribution in [0.1, 0.15) is 86.9 Å². The van der Waals surface area contributed by atoms with E-state index in [1.807, 2.05) is 40.4 Å². The molecule has 4 amide bonds. The van der Waals surface area contributed by atoms with Gasteiger partial charge in [0.25, 0.3) is 0 Å². The molecule has 71 heavy (non-hydrogen) atoms. The van der Waals surface area contributed by atoms with Crippen LogP contribution in [-0.4, -0.2) is 124 Å². The standard InChI is InChI=1S/C53H59N9O9/c1-67-52(65)58-45(31-16-22-69-23-17-31)49(63)60-20-6-10-41(60)47-54-29-38(56-47)34-13-15-40-36(26-34)27-43-37-14-12-35(28-44(37)71-51(62(40)43)33-8-4-3-5-9-33)39-30-55-48(57-39)42-11-7-21-61(42)50(64)46(59-53(66)68-2)32-18-24-70-25-19-32/h3-5,8-9,12-15,26-32,41-42,45-46,51H,6-7,10-11,16-25H2,1-2H3,(H,54,56)(H,55,57)(H,58,65)(H,59,66)/t41-,42-,45-,46-,51+/m0/s1. The van der Waals surface area contributed by atoms with E-state index in [-0.39, 0.29) is 35.7 Å². The molecule has 4 fully saturated rings. The molecule has 3 aromatic heterocycles. The summed E-state index contributed by atoms with van der Waals surface area (Å²) in [5.74, 6) is 1.75. The molecular weight excluding hydrogens is 907 g/mol. The van der Waals surface area contributed by atoms with Crippen LogP contribution in [0.15, 0.2) is 85.2 Å². The predicted octanol–water partition coefficient (Wildman–Crippen LogP) is 7.66. The number of likely N-dealkylation sites (tertiary alicyclic amines) is 2. The van der Waals surface area contributed by atoms with Crippen LogP contribution in [0.3, 0.4) is 0 Å². The van der Waals surface area contributed by atoms with E-state index in [9.17, 15) is 19.2 Å². The van der Waals surface area contributed by atoms with Gasteiger partial charge in [-0.2, -0.15) is 0 Å². The zero-order chi connectivity index (χ0) is 48.6. The summed E-state index contributed by atoms with van der Waals surface area (Å²) in [6.45, 7) is 3.31. The second-order valence-electron chi connectivity index (χ2n) is 19.1. The van der Waals surface area contributed by atoms with Crippen molar-refractivity contribution in [2.24, 2.45) is 11.8 Å². The Morgan fingerprint density at radius 2 is 1.20 bits per heavy atom. The summed E-state index contributed by atoms with van der Waals surface area (Å²) in [6, 6.07) is 23.0. The number of aromatic amines is 2. The quantitative estimate of drug-likeness (QED) is 0.0992. The predicted molar refractivity (Wildman–Crippen MR) is 261 cm³/mol. The lowest BCUT2D eigenvalue weighted by atomic mass is 9.90. The monoisotopic (exact) mass is 965 g/mol. The molecule has 0 unspecified atom stereocenters. The van der Waals surface area contributed by atoms with Gasteiger partial charge in [-0.1, -0.05) is 42.5 Å². The molecule has 5 aliphatic heterocycles. The van der Waals surface area contributed by atoms with Crippen LogP contribution in [-0.2, 0) is 28.5 Å². The fraction of sp³-hybridized carbons (Fsp3) is 0.434. The van der Waals surface area contributed by atoms with Crippen LogP contribution < -0.4 is 15.4 Å². The van der Waals surface area contributed by atoms with E-state index in [0.717, 1.165) is 81.7 Å². The summed E-state index contributed by atoms with van der Waals surface area (Å²) in [6.07, 6.45) is 7.77. The maximum absolute atomic E-state index is 14.2. The highest BCUT2D eigenvalue weighted by atomic mass is 16.5. The van der Waals surface area contributed by atoms with Gasteiger partial charge in [0.05, 0.1) is 61.3 Å². The minimum Gasteiger partial charge on any atom is -0.465 e. The SMILES string of the molecule is COC(=O)N[C@H](C(=O)N1CCC[C@H]1c1ncc(-c2ccc3c(c2)O[C@H](c2ccccc2)n2c-3cc3cc(-c4cnc([C@@H]5CCCN5C(=O)[C@@H](NC(=O)OC)C5CCOCC5)[nH]4)ccc32)[nH]1)C1CCOCC1. The highest BCUT2D eigenvalue weighted by molar-refractivity contribution is 5.93. The number of H-pyrrole nitrogens is 2. The van der Waals surface area contributed by atoms with E-state index in [1.165, 1.54) is 14.2 Å². The number of imidazole rings is 2. The number of fused-ring (bicyclic) bond motifs is 5. The van der Waals surface area contributed by atoms with Crippen LogP contribution >= 0.6 is 0 Å². The van der Waals surface area contributed by atoms with Crippen LogP contribution in [0.5, 0.6) is 5.75 Å². The van der Waals surface area contributed by atoms with Gasteiger partial charge in [0.15, 0.2) is 0 Å². The molecule has 6 aromatic rings. The van der Waals surface area contributed by atoms with E-state index in [0.29, 0.717) is 76.8 Å². The lowest BCUT2D eigenvalue weighted by molar-refractivity contribution is -0.137. The first-order chi connectivity index (χ1) is 34.8. The number of alkyl carbamates (subject to hydrolysis) is 2. The van der Waals surface area contributed by atoms with E-state index in [4.69, 9.17) is 33.7 Å². The Kier molecular flexibility index (Phi) is 13.0. The van der Waals surface area contributed by atoms with Crippen molar-refractivity contribution < 1.29 is 42.9 Å². The number of nitrogens with one attached hydrogen (secondary N) is 4. The third-order valence-corrected chi connectivity index (χ3v) is 15.1. The number of hydrogen-bond donors (Lipinski definition) is 4. The molecule has 0 bridgehead atoms. The smallest absolute Gasteiger partial charge is 0.407 e. The Bertz CT molecular complexity index is 2920. The van der Waals surface area contributed by atoms with Crippen molar-refractivity contribution in [2.45, 2.75) is 81.8 Å². The number of carbonyl (C=O) groups is 4. The van der Waals surface area contributed by atoms with Crippen molar-refractivity contribution in [3.05, 3.63) is 102 Å². The average Bonchev–Trinajstić information content (AvgIpc) is 4.29. The zero-order valence-electron chi connectivity index (χ0n) is 39.9. The minimum absolute atomic E-state index is 0.0519. The third-order valence-electron chi connectivity index (χ3n) is 15.1. The normalized spacial score (nSPS) is 21.2. The van der Waals surface area contributed by atoms with Gasteiger partial charge in [-0.3, -0.25) is 9.59 Å². The average molecular weight is 966 g/mol. The Hall–Kier alpha value is -7.18. The Morgan fingerprint density at radius 3 is 1.75 bits per heavy atom. The van der Waals surface area contributed by atoms with Gasteiger partial charge in [0.2, 0.25) is 18.0 Å². The van der Waals surface area contributed by atoms with Crippen LogP contribution in [0.25, 0.3) is 44.7 Å². The number of rotatable bonds is 11. The van der Waals surface area contributed by atoms with Gasteiger partial charge in [-0.25, -0.2) is 19.6 Å². The van der Waals surface area contributed by atoms with Crippen LogP contribution in [0.4, 0.5) is 9.59 Å². The third kappa shape index (κ3) is 8.98. The first kappa shape index (κ1) is 46.2. The number of amides is 4. The van der Waals surface area contributed by atoms with Crippen LogP contribution in [0, 0.1) is 11.8 Å². The molecule has 4 saturated heterocycles. The van der Waals surface area contributed by atoms with Crippen molar-refractivity contribution >= 4 is 34.9 Å². The summed E-state index contributed by atoms with van der Waals surface area (Å²) < 4.78 is 30.2. The molecule has 0 saturated carbocycles. The number of hydrogen-bond acceptors (Lipinski definition) is 11. The van der Waals surface area contributed by atoms with E-state index >= 15 is 0 Å². The molecule has 3 aromatic carbocycles. The van der Waals surface area contributed by atoms with E-state index < -0.39 is 30.5 Å². The van der Waals surface area contributed by atoms with Gasteiger partial charge in [-0.05, 0) is 93.5 Å². The maximum atomic E-state index is 14.2. The summed E-state index contributed by atoms with van der Waals surface area (Å²) >= 11 is 0. The van der Waals surface area contributed by atoms with E-state index in [2.05, 4.69) is 79.8 Å². The molecule has 0 spiro atoms. The van der Waals surface area contributed by atoms with Crippen molar-refractivity contribution in [2.75, 3.05) is 53.7 Å². The molecular formula is C53H59N9O9. The van der Waals surface area contributed by atoms with Crippen molar-refractivity contribution in [3.8, 4) is 39.5 Å². The lowest BCUT2D eigenvalue weighted by Crippen LogP contribution is -2.53. The second kappa shape index (κ2) is 19.9. The molecule has 5 aliphatic rings. The summed E-state index contributed by atoms with van der Waals surface area (Å²) in [4.78, 5) is 73.7. The molecule has 370 valence electrons. The highest BCUT2D eigenvalue weighted by Crippen LogP contribution is 2.46. The number of benzene rings is 3. The molecule has 0 radical (unpaired) electrons. The minimum atomic E-state index is -0.718. The Labute approximate surface area is 410 Å². The number of aromatic nitrogens is 5. The fourth-order valence-corrected chi connectivity index (χ4v) is 11.4. The summed E-state index contributed by atoms with van der Waals surface area (Å²) in [7, 11) is 2.62. The zero-order valence-corrected chi connectivity index (χ0v) is 39.9. The molecule has 5 atom stereocenters. The highest BCUT2D eigenvalue weighted by Gasteiger charge is 2.42. The van der Waals surface area contributed by atoms with Crippen molar-refractivity contribution in [1.29, 1.82) is 0 Å². The van der Waals surface area contributed by atoms with Crippen molar-refractivity contribution in [3.63, 3.8) is 0 Å². The van der Waals surface area contributed by atoms with Gasteiger partial charge >= 0.3 is 12.2 Å². The van der Waals surface area contributed by atoms with Crippen molar-refractivity contribution in [1.82, 2.24) is 44.9 Å². The maximum Gasteiger partial charge on any atom is 0.407 e. The van der Waals surface area contributed by atoms with Gasteiger partial charge < -0.3 is 58.7 Å². The Balaban J connectivity index is 0.862. The summed E-state index contributed by atoms with van der Waals surface area (Å²) in [5, 5.41) is 6.69. The first-order valence-electron chi connectivity index (χ1n) is 24.8. The van der Waals surface area contributed by atoms with E-state index in [1.54, 1.807) is 0 Å². The second-order valence-corrected chi connectivity index (χ2v) is 19.1. The number of carbonyl (C=O) groups excluding carboxylic acids is 4. The van der Waals surface area contributed by atoms with Crippen LogP contribution in [0.2, 0.25) is 0 Å². The largest absolute Gasteiger partial charge is 0.465 e. The number of ether oxygens (including phenoxy) is 5. The van der Waals surface area contributed by atoms with Gasteiger partial charge in [0.1, 0.15) is 29.5 Å². The molecule has 0 aliphatic carbocycles.